The standard InChI is InChI=1S/C18H28N2O/c1-3-15-6-8-16(9-7-15)10-11-18(21)20-12-4-5-17(14-20)13-19-2/h6-9,17,19H,3-5,10-14H2,1-2H3. The summed E-state index contributed by atoms with van der Waals surface area (Å²) in [7, 11) is 1.99. The van der Waals surface area contributed by atoms with E-state index in [0.29, 0.717) is 18.2 Å². The van der Waals surface area contributed by atoms with E-state index in [2.05, 4.69) is 41.4 Å². The Morgan fingerprint density at radius 2 is 2.00 bits per heavy atom. The Kier molecular flexibility index (Phi) is 6.24. The van der Waals surface area contributed by atoms with Crippen molar-refractivity contribution in [1.82, 2.24) is 10.2 Å². The second kappa shape index (κ2) is 8.18. The SMILES string of the molecule is CCc1ccc(CCC(=O)N2CCCC(CNC)C2)cc1. The van der Waals surface area contributed by atoms with E-state index < -0.39 is 0 Å². The minimum atomic E-state index is 0.315. The number of hydrogen-bond donors (Lipinski definition) is 1. The average Bonchev–Trinajstić information content (AvgIpc) is 2.53. The zero-order valence-corrected chi connectivity index (χ0v) is 13.4. The summed E-state index contributed by atoms with van der Waals surface area (Å²) in [5, 5.41) is 3.23. The van der Waals surface area contributed by atoms with E-state index >= 15 is 0 Å². The van der Waals surface area contributed by atoms with Gasteiger partial charge in [0.2, 0.25) is 5.91 Å². The molecule has 1 aromatic rings. The predicted octanol–water partition coefficient (Wildman–Crippen LogP) is 2.64. The highest BCUT2D eigenvalue weighted by molar-refractivity contribution is 5.76. The summed E-state index contributed by atoms with van der Waals surface area (Å²) in [5.74, 6) is 0.937. The molecule has 0 saturated carbocycles. The number of hydrogen-bond acceptors (Lipinski definition) is 2. The third-order valence-corrected chi connectivity index (χ3v) is 4.42. The largest absolute Gasteiger partial charge is 0.342 e. The van der Waals surface area contributed by atoms with Crippen LogP contribution in [0.25, 0.3) is 0 Å². The van der Waals surface area contributed by atoms with Gasteiger partial charge in [-0.3, -0.25) is 4.79 Å². The van der Waals surface area contributed by atoms with Gasteiger partial charge in [-0.1, -0.05) is 31.2 Å². The molecule has 3 nitrogen and oxygen atoms in total. The quantitative estimate of drug-likeness (QED) is 0.873. The average molecular weight is 288 g/mol. The smallest absolute Gasteiger partial charge is 0.222 e. The van der Waals surface area contributed by atoms with Crippen molar-refractivity contribution in [3.63, 3.8) is 0 Å². The van der Waals surface area contributed by atoms with Crippen molar-refractivity contribution in [3.8, 4) is 0 Å². The molecule has 1 aromatic carbocycles. The molecule has 1 heterocycles. The van der Waals surface area contributed by atoms with Crippen molar-refractivity contribution in [2.45, 2.75) is 39.0 Å². The second-order valence-corrected chi connectivity index (χ2v) is 6.08. The van der Waals surface area contributed by atoms with Gasteiger partial charge in [0.25, 0.3) is 0 Å². The van der Waals surface area contributed by atoms with Crippen molar-refractivity contribution in [3.05, 3.63) is 35.4 Å². The lowest BCUT2D eigenvalue weighted by Gasteiger charge is -2.32. The van der Waals surface area contributed by atoms with E-state index in [1.165, 1.54) is 17.5 Å². The van der Waals surface area contributed by atoms with Gasteiger partial charge in [0, 0.05) is 19.5 Å². The number of carbonyl (C=O) groups is 1. The van der Waals surface area contributed by atoms with Crippen LogP contribution in [0.3, 0.4) is 0 Å². The van der Waals surface area contributed by atoms with Crippen LogP contribution < -0.4 is 5.32 Å². The third kappa shape index (κ3) is 4.85. The Labute approximate surface area is 128 Å². The lowest BCUT2D eigenvalue weighted by atomic mass is 9.97. The maximum absolute atomic E-state index is 12.3. The summed E-state index contributed by atoms with van der Waals surface area (Å²) in [6, 6.07) is 8.66. The fraction of sp³-hybridized carbons (Fsp3) is 0.611. The molecule has 21 heavy (non-hydrogen) atoms. The molecule has 0 bridgehead atoms. The molecule has 1 fully saturated rings. The first kappa shape index (κ1) is 16.0. The molecule has 1 aliphatic heterocycles. The molecule has 1 amide bonds. The molecule has 116 valence electrons. The van der Waals surface area contributed by atoms with E-state index in [-0.39, 0.29) is 0 Å². The number of benzene rings is 1. The molecule has 1 saturated heterocycles. The Bertz CT molecular complexity index is 439. The Hall–Kier alpha value is -1.35. The zero-order chi connectivity index (χ0) is 15.1. The van der Waals surface area contributed by atoms with Gasteiger partial charge in [-0.2, -0.15) is 0 Å². The van der Waals surface area contributed by atoms with Gasteiger partial charge in [-0.05, 0) is 56.3 Å². The van der Waals surface area contributed by atoms with Gasteiger partial charge >= 0.3 is 0 Å². The molecule has 2 rings (SSSR count). The molecule has 1 N–H and O–H groups in total. The van der Waals surface area contributed by atoms with Crippen LogP contribution in [0, 0.1) is 5.92 Å². The van der Waals surface area contributed by atoms with Crippen LogP contribution in [-0.4, -0.2) is 37.5 Å². The van der Waals surface area contributed by atoms with Gasteiger partial charge in [-0.25, -0.2) is 0 Å². The number of nitrogens with zero attached hydrogens (tertiary/aromatic N) is 1. The first-order chi connectivity index (χ1) is 10.2. The second-order valence-electron chi connectivity index (χ2n) is 6.08. The Morgan fingerprint density at radius 1 is 1.29 bits per heavy atom. The van der Waals surface area contributed by atoms with E-state index in [0.717, 1.165) is 38.9 Å². The number of aryl methyl sites for hydroxylation is 2. The summed E-state index contributed by atoms with van der Waals surface area (Å²) in [4.78, 5) is 14.4. The first-order valence-corrected chi connectivity index (χ1v) is 8.23. The molecule has 0 aliphatic carbocycles. The van der Waals surface area contributed by atoms with Crippen LogP contribution in [0.4, 0.5) is 0 Å². The summed E-state index contributed by atoms with van der Waals surface area (Å²) in [5.41, 5.74) is 2.63. The highest BCUT2D eigenvalue weighted by atomic mass is 16.2. The van der Waals surface area contributed by atoms with Crippen LogP contribution in [0.5, 0.6) is 0 Å². The summed E-state index contributed by atoms with van der Waals surface area (Å²) in [6.45, 7) is 5.04. The monoisotopic (exact) mass is 288 g/mol. The summed E-state index contributed by atoms with van der Waals surface area (Å²) < 4.78 is 0. The van der Waals surface area contributed by atoms with Gasteiger partial charge in [-0.15, -0.1) is 0 Å². The number of likely N-dealkylation sites (tertiary alicyclic amines) is 1. The van der Waals surface area contributed by atoms with Crippen molar-refractivity contribution < 1.29 is 4.79 Å². The molecular weight excluding hydrogens is 260 g/mol. The van der Waals surface area contributed by atoms with Crippen molar-refractivity contribution in [1.29, 1.82) is 0 Å². The number of rotatable bonds is 6. The predicted molar refractivity (Wildman–Crippen MR) is 87.4 cm³/mol. The molecule has 0 aromatic heterocycles. The van der Waals surface area contributed by atoms with Crippen LogP contribution in [0.2, 0.25) is 0 Å². The first-order valence-electron chi connectivity index (χ1n) is 8.23. The van der Waals surface area contributed by atoms with Gasteiger partial charge in [0.1, 0.15) is 0 Å². The Morgan fingerprint density at radius 3 is 2.67 bits per heavy atom. The molecule has 1 unspecified atom stereocenters. The van der Waals surface area contributed by atoms with Crippen molar-refractivity contribution in [2.75, 3.05) is 26.7 Å². The molecule has 3 heteroatoms. The molecule has 1 aliphatic rings. The van der Waals surface area contributed by atoms with E-state index in [9.17, 15) is 4.79 Å². The zero-order valence-electron chi connectivity index (χ0n) is 13.4. The molecule has 1 atom stereocenters. The lowest BCUT2D eigenvalue weighted by Crippen LogP contribution is -2.42. The highest BCUT2D eigenvalue weighted by Crippen LogP contribution is 2.17. The topological polar surface area (TPSA) is 32.3 Å². The molecule has 0 spiro atoms. The van der Waals surface area contributed by atoms with Crippen LogP contribution in [0.1, 0.15) is 37.3 Å². The minimum Gasteiger partial charge on any atom is -0.342 e. The maximum Gasteiger partial charge on any atom is 0.222 e. The van der Waals surface area contributed by atoms with E-state index in [1.54, 1.807) is 0 Å². The summed E-state index contributed by atoms with van der Waals surface area (Å²) in [6.07, 6.45) is 4.94. The third-order valence-electron chi connectivity index (χ3n) is 4.42. The fourth-order valence-corrected chi connectivity index (χ4v) is 3.10. The number of amides is 1. The highest BCUT2D eigenvalue weighted by Gasteiger charge is 2.22. The van der Waals surface area contributed by atoms with Crippen LogP contribution in [-0.2, 0) is 17.6 Å². The number of piperidine rings is 1. The van der Waals surface area contributed by atoms with Gasteiger partial charge in [0.05, 0.1) is 0 Å². The fourth-order valence-electron chi connectivity index (χ4n) is 3.10. The summed E-state index contributed by atoms with van der Waals surface area (Å²) >= 11 is 0. The normalized spacial score (nSPS) is 18.8. The van der Waals surface area contributed by atoms with Crippen molar-refractivity contribution >= 4 is 5.91 Å². The van der Waals surface area contributed by atoms with Crippen LogP contribution >= 0.6 is 0 Å². The van der Waals surface area contributed by atoms with Gasteiger partial charge < -0.3 is 10.2 Å². The van der Waals surface area contributed by atoms with Crippen molar-refractivity contribution in [2.24, 2.45) is 5.92 Å². The molecule has 0 radical (unpaired) electrons. The maximum atomic E-state index is 12.3. The Balaban J connectivity index is 1.80. The lowest BCUT2D eigenvalue weighted by molar-refractivity contribution is -0.132. The van der Waals surface area contributed by atoms with E-state index in [4.69, 9.17) is 0 Å². The van der Waals surface area contributed by atoms with E-state index in [1.807, 2.05) is 7.05 Å². The van der Waals surface area contributed by atoms with Crippen LogP contribution in [0.15, 0.2) is 24.3 Å². The minimum absolute atomic E-state index is 0.315. The van der Waals surface area contributed by atoms with Gasteiger partial charge in [0.15, 0.2) is 0 Å². The number of carbonyl (C=O) groups excluding carboxylic acids is 1. The molecular formula is C18H28N2O. The number of nitrogens with one attached hydrogen (secondary N) is 1.